The number of fused-ring (bicyclic) bond motifs is 4. The minimum Gasteiger partial charge on any atom is -0.256 e. The van der Waals surface area contributed by atoms with Crippen molar-refractivity contribution >= 4 is 32.7 Å². The van der Waals surface area contributed by atoms with Gasteiger partial charge in [0.15, 0.2) is 5.82 Å². The highest BCUT2D eigenvalue weighted by atomic mass is 14.9. The first-order chi connectivity index (χ1) is 30.1. The maximum Gasteiger partial charge on any atom is 0.160 e. The predicted molar refractivity (Wildman–Crippen MR) is 251 cm³/mol. The average Bonchev–Trinajstić information content (AvgIpc) is 3.34. The van der Waals surface area contributed by atoms with Gasteiger partial charge in [-0.25, -0.2) is 15.0 Å². The van der Waals surface area contributed by atoms with Crippen molar-refractivity contribution in [1.29, 1.82) is 0 Å². The zero-order valence-electron chi connectivity index (χ0n) is 33.4. The fourth-order valence-electron chi connectivity index (χ4n) is 8.36. The minimum absolute atomic E-state index is 0.680. The molecule has 7 aromatic carbocycles. The van der Waals surface area contributed by atoms with Gasteiger partial charge in [-0.1, -0.05) is 158 Å². The minimum atomic E-state index is 0.680. The molecule has 286 valence electrons. The summed E-state index contributed by atoms with van der Waals surface area (Å²) in [5.41, 5.74) is 17.2. The number of para-hydroxylation sites is 1. The SMILES string of the molecule is Cc1cc(-c2ccccc2)c2ccc3ccc(-c4ccc(-c5cccc(-c6cc(-c7cccc(-c8ccnc9ccccc89)c7)nc(-c7ccccc7)n6)c5)cc4)nc3c2n1. The van der Waals surface area contributed by atoms with Crippen molar-refractivity contribution in [3.63, 3.8) is 0 Å². The third-order valence-corrected chi connectivity index (χ3v) is 11.4. The molecule has 0 aliphatic carbocycles. The molecule has 11 rings (SSSR count). The van der Waals surface area contributed by atoms with Gasteiger partial charge in [-0.15, -0.1) is 0 Å². The summed E-state index contributed by atoms with van der Waals surface area (Å²) in [5, 5.41) is 3.29. The molecule has 0 atom stereocenters. The molecule has 5 heteroatoms. The molecule has 4 heterocycles. The summed E-state index contributed by atoms with van der Waals surface area (Å²) in [6.07, 6.45) is 1.88. The molecule has 5 nitrogen and oxygen atoms in total. The summed E-state index contributed by atoms with van der Waals surface area (Å²) < 4.78 is 0. The van der Waals surface area contributed by atoms with Crippen LogP contribution < -0.4 is 0 Å². The summed E-state index contributed by atoms with van der Waals surface area (Å²) in [5.74, 6) is 0.680. The lowest BCUT2D eigenvalue weighted by molar-refractivity contribution is 1.18. The van der Waals surface area contributed by atoms with Crippen LogP contribution >= 0.6 is 0 Å². The fraction of sp³-hybridized carbons (Fsp3) is 0.0179. The summed E-state index contributed by atoms with van der Waals surface area (Å²) >= 11 is 0. The van der Waals surface area contributed by atoms with Gasteiger partial charge in [0, 0.05) is 50.3 Å². The molecule has 61 heavy (non-hydrogen) atoms. The second-order valence-electron chi connectivity index (χ2n) is 15.3. The quantitative estimate of drug-likeness (QED) is 0.151. The number of benzene rings is 7. The Bertz CT molecular complexity index is 3410. The second-order valence-corrected chi connectivity index (χ2v) is 15.3. The van der Waals surface area contributed by atoms with Gasteiger partial charge in [0.2, 0.25) is 0 Å². The molecule has 4 aromatic heterocycles. The first-order valence-electron chi connectivity index (χ1n) is 20.5. The van der Waals surface area contributed by atoms with Crippen LogP contribution in [-0.2, 0) is 0 Å². The van der Waals surface area contributed by atoms with Crippen molar-refractivity contribution in [2.24, 2.45) is 0 Å². The largest absolute Gasteiger partial charge is 0.256 e. The summed E-state index contributed by atoms with van der Waals surface area (Å²) in [6.45, 7) is 2.05. The molecule has 0 amide bonds. The summed E-state index contributed by atoms with van der Waals surface area (Å²) in [6, 6.07) is 69.7. The van der Waals surface area contributed by atoms with Gasteiger partial charge < -0.3 is 0 Å². The van der Waals surface area contributed by atoms with Gasteiger partial charge in [0.1, 0.15) is 0 Å². The highest BCUT2D eigenvalue weighted by molar-refractivity contribution is 6.08. The van der Waals surface area contributed by atoms with Crippen molar-refractivity contribution in [2.75, 3.05) is 0 Å². The number of aryl methyl sites for hydroxylation is 1. The first-order valence-corrected chi connectivity index (χ1v) is 20.5. The molecule has 0 saturated carbocycles. The number of nitrogens with zero attached hydrogens (tertiary/aromatic N) is 5. The van der Waals surface area contributed by atoms with Crippen LogP contribution in [0.4, 0.5) is 0 Å². The van der Waals surface area contributed by atoms with Crippen molar-refractivity contribution in [1.82, 2.24) is 24.9 Å². The number of pyridine rings is 3. The van der Waals surface area contributed by atoms with E-state index >= 15 is 0 Å². The molecule has 0 fully saturated rings. The van der Waals surface area contributed by atoms with E-state index in [0.717, 1.165) is 100.0 Å². The first kappa shape index (κ1) is 36.0. The van der Waals surface area contributed by atoms with Crippen LogP contribution in [0.15, 0.2) is 206 Å². The van der Waals surface area contributed by atoms with E-state index in [-0.39, 0.29) is 0 Å². The predicted octanol–water partition coefficient (Wildman–Crippen LogP) is 14.1. The van der Waals surface area contributed by atoms with E-state index in [0.29, 0.717) is 5.82 Å². The maximum absolute atomic E-state index is 5.23. The van der Waals surface area contributed by atoms with Crippen LogP contribution in [0.2, 0.25) is 0 Å². The third-order valence-electron chi connectivity index (χ3n) is 11.4. The van der Waals surface area contributed by atoms with Crippen LogP contribution in [0.3, 0.4) is 0 Å². The Morgan fingerprint density at radius 3 is 1.72 bits per heavy atom. The highest BCUT2D eigenvalue weighted by Gasteiger charge is 2.15. The fourth-order valence-corrected chi connectivity index (χ4v) is 8.36. The van der Waals surface area contributed by atoms with Crippen molar-refractivity contribution in [3.8, 4) is 78.5 Å². The van der Waals surface area contributed by atoms with Gasteiger partial charge in [-0.2, -0.15) is 0 Å². The average molecular weight is 780 g/mol. The Labute approximate surface area is 353 Å². The van der Waals surface area contributed by atoms with Crippen molar-refractivity contribution in [3.05, 3.63) is 212 Å². The Morgan fingerprint density at radius 2 is 0.951 bits per heavy atom. The third kappa shape index (κ3) is 6.88. The van der Waals surface area contributed by atoms with Crippen LogP contribution in [-0.4, -0.2) is 24.9 Å². The molecular formula is C56H37N5. The number of hydrogen-bond acceptors (Lipinski definition) is 5. The second kappa shape index (κ2) is 15.2. The number of aromatic nitrogens is 5. The van der Waals surface area contributed by atoms with E-state index in [1.807, 2.05) is 36.5 Å². The van der Waals surface area contributed by atoms with E-state index in [1.54, 1.807) is 0 Å². The van der Waals surface area contributed by atoms with E-state index < -0.39 is 0 Å². The molecule has 0 bridgehead atoms. The van der Waals surface area contributed by atoms with E-state index in [4.69, 9.17) is 19.9 Å². The molecular weight excluding hydrogens is 743 g/mol. The Morgan fingerprint density at radius 1 is 0.328 bits per heavy atom. The molecule has 0 spiro atoms. The van der Waals surface area contributed by atoms with Gasteiger partial charge >= 0.3 is 0 Å². The Kier molecular flexibility index (Phi) is 8.98. The zero-order valence-corrected chi connectivity index (χ0v) is 33.4. The van der Waals surface area contributed by atoms with E-state index in [9.17, 15) is 0 Å². The smallest absolute Gasteiger partial charge is 0.160 e. The summed E-state index contributed by atoms with van der Waals surface area (Å²) in [7, 11) is 0. The molecule has 0 saturated heterocycles. The standard InChI is InChI=1S/C56H37N5/c1-36-32-49(38-12-4-2-5-13-38)48-28-26-40-27-29-50(59-54(40)55(48)58-36)39-24-22-37(23-25-39)42-16-10-18-44(33-42)52-35-53(61-56(60-52)41-14-6-3-7-15-41)45-19-11-17-43(34-45)46-30-31-57-51-21-9-8-20-47(46)51/h2-35H,1H3. The lowest BCUT2D eigenvalue weighted by Gasteiger charge is -2.12. The lowest BCUT2D eigenvalue weighted by atomic mass is 9.97. The molecule has 0 aliphatic rings. The normalized spacial score (nSPS) is 11.4. The van der Waals surface area contributed by atoms with E-state index in [1.165, 1.54) is 11.1 Å². The zero-order chi connectivity index (χ0) is 40.7. The number of rotatable bonds is 7. The Balaban J connectivity index is 0.947. The van der Waals surface area contributed by atoms with Crippen molar-refractivity contribution in [2.45, 2.75) is 6.92 Å². The van der Waals surface area contributed by atoms with Gasteiger partial charge in [-0.3, -0.25) is 9.97 Å². The van der Waals surface area contributed by atoms with Crippen LogP contribution in [0, 0.1) is 6.92 Å². The molecule has 0 unspecified atom stereocenters. The van der Waals surface area contributed by atoms with Crippen LogP contribution in [0.5, 0.6) is 0 Å². The van der Waals surface area contributed by atoms with Crippen LogP contribution in [0.25, 0.3) is 111 Å². The highest BCUT2D eigenvalue weighted by Crippen LogP contribution is 2.36. The van der Waals surface area contributed by atoms with Gasteiger partial charge in [-0.05, 0) is 82.8 Å². The molecule has 0 radical (unpaired) electrons. The van der Waals surface area contributed by atoms with Crippen LogP contribution in [0.1, 0.15) is 5.69 Å². The molecule has 0 N–H and O–H groups in total. The lowest BCUT2D eigenvalue weighted by Crippen LogP contribution is -1.96. The van der Waals surface area contributed by atoms with Gasteiger partial charge in [0.05, 0.1) is 33.6 Å². The van der Waals surface area contributed by atoms with Gasteiger partial charge in [0.25, 0.3) is 0 Å². The monoisotopic (exact) mass is 779 g/mol. The topological polar surface area (TPSA) is 64.5 Å². The molecule has 0 aliphatic heterocycles. The Hall–Kier alpha value is -8.15. The summed E-state index contributed by atoms with van der Waals surface area (Å²) in [4.78, 5) is 25.1. The van der Waals surface area contributed by atoms with Crippen molar-refractivity contribution < 1.29 is 0 Å². The maximum atomic E-state index is 5.23. The van der Waals surface area contributed by atoms with E-state index in [2.05, 4.69) is 182 Å². The number of hydrogen-bond donors (Lipinski definition) is 0. The molecule has 11 aromatic rings.